The maximum atomic E-state index is 12.3. The van der Waals surface area contributed by atoms with Crippen molar-refractivity contribution in [1.29, 1.82) is 0 Å². The Morgan fingerprint density at radius 2 is 2.00 bits per heavy atom. The van der Waals surface area contributed by atoms with E-state index in [9.17, 15) is 4.79 Å². The van der Waals surface area contributed by atoms with Gasteiger partial charge in [0.1, 0.15) is 11.6 Å². The molecular formula is C19H21N5O3. The molecule has 1 aliphatic heterocycles. The van der Waals surface area contributed by atoms with Gasteiger partial charge in [-0.25, -0.2) is 4.98 Å². The van der Waals surface area contributed by atoms with Gasteiger partial charge in [-0.2, -0.15) is 4.98 Å². The van der Waals surface area contributed by atoms with Crippen molar-refractivity contribution in [1.82, 2.24) is 14.9 Å². The van der Waals surface area contributed by atoms with Crippen molar-refractivity contribution >= 4 is 28.6 Å². The van der Waals surface area contributed by atoms with E-state index in [0.29, 0.717) is 53.8 Å². The van der Waals surface area contributed by atoms with E-state index in [2.05, 4.69) is 9.97 Å². The first-order valence-corrected chi connectivity index (χ1v) is 8.89. The lowest BCUT2D eigenvalue weighted by molar-refractivity contribution is 0.0630. The minimum Gasteiger partial charge on any atom is -0.492 e. The minimum atomic E-state index is -0.0593. The molecule has 0 bridgehead atoms. The summed E-state index contributed by atoms with van der Waals surface area (Å²) >= 11 is 0. The largest absolute Gasteiger partial charge is 0.492 e. The number of anilines is 2. The van der Waals surface area contributed by atoms with Crippen LogP contribution in [-0.4, -0.2) is 40.5 Å². The molecule has 2 aromatic heterocycles. The third kappa shape index (κ3) is 3.51. The number of fused-ring (bicyclic) bond motifs is 1. The lowest BCUT2D eigenvalue weighted by Crippen LogP contribution is -2.39. The van der Waals surface area contributed by atoms with Gasteiger partial charge in [-0.1, -0.05) is 6.07 Å². The summed E-state index contributed by atoms with van der Waals surface area (Å²) in [5.74, 6) is 1.79. The Bertz CT molecular complexity index is 949. The molecule has 1 aliphatic rings. The molecule has 4 N–H and O–H groups in total. The molecule has 4 rings (SSSR count). The Morgan fingerprint density at radius 1 is 1.19 bits per heavy atom. The third-order valence-corrected chi connectivity index (χ3v) is 4.84. The number of piperidine rings is 1. The van der Waals surface area contributed by atoms with Gasteiger partial charge in [-0.05, 0) is 43.0 Å². The Balaban J connectivity index is 1.38. The first kappa shape index (κ1) is 17.1. The Hall–Kier alpha value is -3.29. The van der Waals surface area contributed by atoms with Crippen molar-refractivity contribution in [2.45, 2.75) is 12.8 Å². The van der Waals surface area contributed by atoms with Crippen LogP contribution >= 0.6 is 0 Å². The normalized spacial score (nSPS) is 15.2. The number of aromatic nitrogens is 2. The zero-order valence-electron chi connectivity index (χ0n) is 14.8. The number of hydrogen-bond acceptors (Lipinski definition) is 7. The highest BCUT2D eigenvalue weighted by molar-refractivity contribution is 5.94. The number of ether oxygens (including phenoxy) is 1. The van der Waals surface area contributed by atoms with Crippen molar-refractivity contribution in [2.75, 3.05) is 31.2 Å². The molecule has 0 aliphatic carbocycles. The smallest absolute Gasteiger partial charge is 0.289 e. The number of hydrogen-bond donors (Lipinski definition) is 2. The second-order valence-corrected chi connectivity index (χ2v) is 6.64. The first-order valence-electron chi connectivity index (χ1n) is 8.89. The van der Waals surface area contributed by atoms with E-state index in [1.54, 1.807) is 12.1 Å². The predicted molar refractivity (Wildman–Crippen MR) is 101 cm³/mol. The molecule has 8 nitrogen and oxygen atoms in total. The highest BCUT2D eigenvalue weighted by Gasteiger charge is 2.25. The van der Waals surface area contributed by atoms with Crippen LogP contribution in [0.1, 0.15) is 23.4 Å². The van der Waals surface area contributed by atoms with E-state index < -0.39 is 0 Å². The van der Waals surface area contributed by atoms with Crippen LogP contribution in [0, 0.1) is 5.92 Å². The van der Waals surface area contributed by atoms with E-state index in [1.807, 2.05) is 23.1 Å². The number of likely N-dealkylation sites (tertiary alicyclic amines) is 1. The van der Waals surface area contributed by atoms with Crippen LogP contribution in [0.4, 0.5) is 11.8 Å². The van der Waals surface area contributed by atoms with Crippen LogP contribution in [0.3, 0.4) is 0 Å². The average molecular weight is 367 g/mol. The SMILES string of the molecule is Nc1nc(N)c2c(OCC3CCN(C(=O)c4ccco4)CC3)cccc2n1. The van der Waals surface area contributed by atoms with Gasteiger partial charge < -0.3 is 25.5 Å². The lowest BCUT2D eigenvalue weighted by Gasteiger charge is -2.31. The number of nitrogens with zero attached hydrogens (tertiary/aromatic N) is 3. The summed E-state index contributed by atoms with van der Waals surface area (Å²) in [5, 5.41) is 0.678. The molecule has 1 amide bonds. The topological polar surface area (TPSA) is 120 Å². The quantitative estimate of drug-likeness (QED) is 0.726. The number of carbonyl (C=O) groups is 1. The van der Waals surface area contributed by atoms with E-state index in [4.69, 9.17) is 20.6 Å². The number of nitrogens with two attached hydrogens (primary N) is 2. The molecule has 1 saturated heterocycles. The number of benzene rings is 1. The molecule has 1 fully saturated rings. The van der Waals surface area contributed by atoms with Crippen LogP contribution in [0.5, 0.6) is 5.75 Å². The van der Waals surface area contributed by atoms with Gasteiger partial charge in [-0.3, -0.25) is 4.79 Å². The van der Waals surface area contributed by atoms with Gasteiger partial charge in [0.15, 0.2) is 5.76 Å². The van der Waals surface area contributed by atoms with E-state index in [0.717, 1.165) is 12.8 Å². The molecule has 0 saturated carbocycles. The average Bonchev–Trinajstić information content (AvgIpc) is 3.20. The second kappa shape index (κ2) is 7.14. The Morgan fingerprint density at radius 3 is 2.74 bits per heavy atom. The zero-order valence-corrected chi connectivity index (χ0v) is 14.8. The molecule has 3 aromatic rings. The molecule has 1 aromatic carbocycles. The molecule has 0 unspecified atom stereocenters. The van der Waals surface area contributed by atoms with Gasteiger partial charge in [-0.15, -0.1) is 0 Å². The molecule has 0 atom stereocenters. The zero-order chi connectivity index (χ0) is 18.8. The summed E-state index contributed by atoms with van der Waals surface area (Å²) in [4.78, 5) is 22.4. The van der Waals surface area contributed by atoms with Crippen LogP contribution in [0.2, 0.25) is 0 Å². The van der Waals surface area contributed by atoms with Crippen molar-refractivity contribution < 1.29 is 13.9 Å². The molecule has 8 heteroatoms. The molecule has 27 heavy (non-hydrogen) atoms. The van der Waals surface area contributed by atoms with Crippen LogP contribution in [0.15, 0.2) is 41.0 Å². The Labute approximate surface area is 156 Å². The number of carbonyl (C=O) groups excluding carboxylic acids is 1. The standard InChI is InChI=1S/C19H21N5O3/c20-17-16-13(22-19(21)23-17)3-1-4-14(16)27-11-12-6-8-24(9-7-12)18(25)15-5-2-10-26-15/h1-5,10,12H,6-9,11H2,(H4,20,21,22,23). The maximum Gasteiger partial charge on any atom is 0.289 e. The van der Waals surface area contributed by atoms with Gasteiger partial charge in [0.2, 0.25) is 5.95 Å². The van der Waals surface area contributed by atoms with Gasteiger partial charge in [0.25, 0.3) is 5.91 Å². The van der Waals surface area contributed by atoms with Crippen molar-refractivity contribution in [3.63, 3.8) is 0 Å². The summed E-state index contributed by atoms with van der Waals surface area (Å²) in [6.45, 7) is 1.92. The molecule has 140 valence electrons. The third-order valence-electron chi connectivity index (χ3n) is 4.84. The van der Waals surface area contributed by atoms with Crippen molar-refractivity contribution in [2.24, 2.45) is 5.92 Å². The van der Waals surface area contributed by atoms with E-state index in [1.165, 1.54) is 6.26 Å². The number of furan rings is 1. The fourth-order valence-electron chi connectivity index (χ4n) is 3.38. The summed E-state index contributed by atoms with van der Waals surface area (Å²) in [6.07, 6.45) is 3.26. The fourth-order valence-corrected chi connectivity index (χ4v) is 3.38. The highest BCUT2D eigenvalue weighted by Crippen LogP contribution is 2.30. The lowest BCUT2D eigenvalue weighted by atomic mass is 9.97. The minimum absolute atomic E-state index is 0.0593. The van der Waals surface area contributed by atoms with E-state index in [-0.39, 0.29) is 11.9 Å². The predicted octanol–water partition coefficient (Wildman–Crippen LogP) is 2.32. The van der Waals surface area contributed by atoms with Crippen LogP contribution < -0.4 is 16.2 Å². The highest BCUT2D eigenvalue weighted by atomic mass is 16.5. The van der Waals surface area contributed by atoms with Crippen LogP contribution in [0.25, 0.3) is 10.9 Å². The molecule has 3 heterocycles. The Kier molecular flexibility index (Phi) is 4.53. The van der Waals surface area contributed by atoms with Gasteiger partial charge >= 0.3 is 0 Å². The summed E-state index contributed by atoms with van der Waals surface area (Å²) in [5.41, 5.74) is 12.3. The maximum absolute atomic E-state index is 12.3. The summed E-state index contributed by atoms with van der Waals surface area (Å²) in [6, 6.07) is 8.95. The van der Waals surface area contributed by atoms with Crippen molar-refractivity contribution in [3.8, 4) is 5.75 Å². The van der Waals surface area contributed by atoms with Gasteiger partial charge in [0, 0.05) is 13.1 Å². The van der Waals surface area contributed by atoms with Crippen LogP contribution in [-0.2, 0) is 0 Å². The van der Waals surface area contributed by atoms with E-state index >= 15 is 0 Å². The number of rotatable bonds is 4. The molecule has 0 radical (unpaired) electrons. The van der Waals surface area contributed by atoms with Gasteiger partial charge in [0.05, 0.1) is 23.8 Å². The number of nitrogen functional groups attached to an aromatic ring is 2. The molecular weight excluding hydrogens is 346 g/mol. The molecule has 0 spiro atoms. The van der Waals surface area contributed by atoms with Crippen molar-refractivity contribution in [3.05, 3.63) is 42.4 Å². The number of amides is 1. The summed E-state index contributed by atoms with van der Waals surface area (Å²) < 4.78 is 11.2. The summed E-state index contributed by atoms with van der Waals surface area (Å²) in [7, 11) is 0. The monoisotopic (exact) mass is 367 g/mol. The fraction of sp³-hybridized carbons (Fsp3) is 0.316. The second-order valence-electron chi connectivity index (χ2n) is 6.64. The first-order chi connectivity index (χ1) is 13.1.